The van der Waals surface area contributed by atoms with Gasteiger partial charge in [0.15, 0.2) is 0 Å². The fraction of sp³-hybridized carbons (Fsp3) is 0.600. The average Bonchev–Trinajstić information content (AvgIpc) is 2.08. The van der Waals surface area contributed by atoms with Gasteiger partial charge in [0, 0.05) is 0 Å². The van der Waals surface area contributed by atoms with Gasteiger partial charge in [0.05, 0.1) is 12.5 Å². The molecule has 1 nitrogen and oxygen atoms in total. The lowest BCUT2D eigenvalue weighted by molar-refractivity contribution is 0.400. The fourth-order valence-corrected chi connectivity index (χ4v) is 0.184. The molecule has 0 aliphatic heterocycles. The van der Waals surface area contributed by atoms with Crippen LogP contribution in [0.1, 0.15) is 41.5 Å². The van der Waals surface area contributed by atoms with E-state index in [4.69, 9.17) is 4.74 Å². The summed E-state index contributed by atoms with van der Waals surface area (Å²) >= 11 is 0. The Hall–Kier alpha value is -0.720. The van der Waals surface area contributed by atoms with Gasteiger partial charge < -0.3 is 4.74 Å². The molecule has 0 bridgehead atoms. The number of rotatable bonds is 2. The van der Waals surface area contributed by atoms with Crippen molar-refractivity contribution in [1.82, 2.24) is 0 Å². The monoisotopic (exact) mass is 158 g/mol. The maximum absolute atomic E-state index is 4.70. The lowest BCUT2D eigenvalue weighted by Crippen LogP contribution is -1.65. The quantitative estimate of drug-likeness (QED) is 0.549. The molecule has 0 amide bonds. The molecule has 0 saturated heterocycles. The highest BCUT2D eigenvalue weighted by Crippen LogP contribution is 1.87. The van der Waals surface area contributed by atoms with Gasteiger partial charge in [-0.3, -0.25) is 0 Å². The first-order valence-electron chi connectivity index (χ1n) is 4.17. The molecule has 11 heavy (non-hydrogen) atoms. The molecule has 0 spiro atoms. The van der Waals surface area contributed by atoms with Gasteiger partial charge in [-0.1, -0.05) is 34.3 Å². The summed E-state index contributed by atoms with van der Waals surface area (Å²) in [6.07, 6.45) is 3.04. The minimum absolute atomic E-state index is 1.14. The van der Waals surface area contributed by atoms with Crippen LogP contribution in [0, 0.1) is 0 Å². The smallest absolute Gasteiger partial charge is 0.0887 e. The van der Waals surface area contributed by atoms with Crippen molar-refractivity contribution in [3.8, 4) is 0 Å². The van der Waals surface area contributed by atoms with Gasteiger partial charge in [-0.15, -0.1) is 0 Å². The zero-order valence-electron chi connectivity index (χ0n) is 8.77. The summed E-state index contributed by atoms with van der Waals surface area (Å²) < 4.78 is 4.70. The van der Waals surface area contributed by atoms with Crippen LogP contribution in [0.5, 0.6) is 0 Å². The highest BCUT2D eigenvalue weighted by atomic mass is 16.5. The van der Waals surface area contributed by atoms with Gasteiger partial charge in [0.2, 0.25) is 0 Å². The molecule has 1 heteroatoms. The summed E-state index contributed by atoms with van der Waals surface area (Å²) in [6, 6.07) is 0. The molecule has 0 radical (unpaired) electrons. The van der Waals surface area contributed by atoms with E-state index in [1.54, 1.807) is 6.26 Å². The summed E-state index contributed by atoms with van der Waals surface area (Å²) in [7, 11) is 0. The first kappa shape index (κ1) is 16.7. The van der Waals surface area contributed by atoms with Crippen molar-refractivity contribution >= 4 is 0 Å². The third-order valence-corrected chi connectivity index (χ3v) is 0.400. The average molecular weight is 158 g/mol. The Bertz CT molecular complexity index is 78.9. The van der Waals surface area contributed by atoms with Gasteiger partial charge in [-0.25, -0.2) is 0 Å². The summed E-state index contributed by atoms with van der Waals surface area (Å²) in [6.45, 7) is 15.3. The second kappa shape index (κ2) is 22.8. The van der Waals surface area contributed by atoms with Gasteiger partial charge in [-0.2, -0.15) is 0 Å². The largest absolute Gasteiger partial charge is 0.473 e. The minimum Gasteiger partial charge on any atom is -0.473 e. The molecule has 0 aliphatic carbocycles. The molecular formula is C10H22O. The van der Waals surface area contributed by atoms with Crippen LogP contribution in [0.15, 0.2) is 24.7 Å². The summed E-state index contributed by atoms with van der Waals surface area (Å²) in [5.41, 5.74) is 1.14. The predicted octanol–water partition coefficient (Wildman–Crippen LogP) is 4.12. The van der Waals surface area contributed by atoms with Crippen molar-refractivity contribution in [3.05, 3.63) is 24.7 Å². The summed E-state index contributed by atoms with van der Waals surface area (Å²) in [4.78, 5) is 0. The fourth-order valence-electron chi connectivity index (χ4n) is 0.184. The van der Waals surface area contributed by atoms with E-state index in [1.807, 2.05) is 41.5 Å². The van der Waals surface area contributed by atoms with E-state index in [-0.39, 0.29) is 0 Å². The van der Waals surface area contributed by atoms with Crippen molar-refractivity contribution in [2.45, 2.75) is 41.5 Å². The SMILES string of the molecule is C=COC=C(C)C.CC.CC. The van der Waals surface area contributed by atoms with Crippen LogP contribution in [0.3, 0.4) is 0 Å². The van der Waals surface area contributed by atoms with Gasteiger partial charge in [0.25, 0.3) is 0 Å². The maximum atomic E-state index is 4.70. The second-order valence-corrected chi connectivity index (χ2v) is 1.50. The molecule has 0 atom stereocenters. The Morgan fingerprint density at radius 3 is 1.55 bits per heavy atom. The molecule has 0 aromatic heterocycles. The van der Waals surface area contributed by atoms with Crippen molar-refractivity contribution in [2.24, 2.45) is 0 Å². The highest BCUT2D eigenvalue weighted by Gasteiger charge is 1.69. The van der Waals surface area contributed by atoms with E-state index >= 15 is 0 Å². The normalized spacial score (nSPS) is 5.64. The van der Waals surface area contributed by atoms with Gasteiger partial charge >= 0.3 is 0 Å². The Labute approximate surface area is 71.8 Å². The molecule has 0 aromatic carbocycles. The van der Waals surface area contributed by atoms with E-state index in [0.717, 1.165) is 5.57 Å². The first-order chi connectivity index (χ1) is 5.27. The second-order valence-electron chi connectivity index (χ2n) is 1.50. The third kappa shape index (κ3) is 45.7. The zero-order chi connectivity index (χ0) is 9.70. The van der Waals surface area contributed by atoms with Gasteiger partial charge in [-0.05, 0) is 19.4 Å². The molecule has 68 valence electrons. The van der Waals surface area contributed by atoms with Gasteiger partial charge in [0.1, 0.15) is 0 Å². The topological polar surface area (TPSA) is 9.23 Å². The Kier molecular flexibility index (Phi) is 34.7. The van der Waals surface area contributed by atoms with Crippen LogP contribution >= 0.6 is 0 Å². The number of ether oxygens (including phenoxy) is 1. The predicted molar refractivity (Wildman–Crippen MR) is 53.4 cm³/mol. The van der Waals surface area contributed by atoms with E-state index in [0.29, 0.717) is 0 Å². The zero-order valence-corrected chi connectivity index (χ0v) is 8.77. The van der Waals surface area contributed by atoms with Crippen LogP contribution in [0.4, 0.5) is 0 Å². The Balaban J connectivity index is -0.000000138. The van der Waals surface area contributed by atoms with E-state index in [9.17, 15) is 0 Å². The van der Waals surface area contributed by atoms with Crippen LogP contribution in [0.2, 0.25) is 0 Å². The molecule has 0 fully saturated rings. The number of allylic oxidation sites excluding steroid dienone is 1. The van der Waals surface area contributed by atoms with Crippen molar-refractivity contribution in [3.63, 3.8) is 0 Å². The minimum atomic E-state index is 1.14. The van der Waals surface area contributed by atoms with Crippen LogP contribution < -0.4 is 0 Å². The lowest BCUT2D eigenvalue weighted by atomic mass is 10.4. The number of hydrogen-bond donors (Lipinski definition) is 0. The molecule has 0 saturated carbocycles. The maximum Gasteiger partial charge on any atom is 0.0887 e. The summed E-state index contributed by atoms with van der Waals surface area (Å²) in [5, 5.41) is 0. The Morgan fingerprint density at radius 2 is 1.45 bits per heavy atom. The molecule has 0 aromatic rings. The first-order valence-corrected chi connectivity index (χ1v) is 4.17. The molecular weight excluding hydrogens is 136 g/mol. The van der Waals surface area contributed by atoms with E-state index in [2.05, 4.69) is 6.58 Å². The van der Waals surface area contributed by atoms with E-state index < -0.39 is 0 Å². The van der Waals surface area contributed by atoms with Crippen LogP contribution in [0.25, 0.3) is 0 Å². The summed E-state index contributed by atoms with van der Waals surface area (Å²) in [5.74, 6) is 0. The van der Waals surface area contributed by atoms with Crippen molar-refractivity contribution in [1.29, 1.82) is 0 Å². The molecule has 0 aliphatic rings. The molecule has 0 unspecified atom stereocenters. The van der Waals surface area contributed by atoms with Crippen molar-refractivity contribution < 1.29 is 4.74 Å². The molecule has 0 N–H and O–H groups in total. The Morgan fingerprint density at radius 1 is 1.09 bits per heavy atom. The molecule has 0 heterocycles. The van der Waals surface area contributed by atoms with E-state index in [1.165, 1.54) is 6.26 Å². The van der Waals surface area contributed by atoms with Crippen molar-refractivity contribution in [2.75, 3.05) is 0 Å². The molecule has 0 rings (SSSR count). The third-order valence-electron chi connectivity index (χ3n) is 0.400. The van der Waals surface area contributed by atoms with Crippen LogP contribution in [-0.4, -0.2) is 0 Å². The highest BCUT2D eigenvalue weighted by molar-refractivity contribution is 4.87. The van der Waals surface area contributed by atoms with Crippen LogP contribution in [-0.2, 0) is 4.74 Å². The lowest BCUT2D eigenvalue weighted by Gasteiger charge is -1.86. The standard InChI is InChI=1S/C6H10O.2C2H6/c1-4-7-5-6(2)3;2*1-2/h4-5H,1H2,2-3H3;2*1-2H3. The number of hydrogen-bond acceptors (Lipinski definition) is 1.